The van der Waals surface area contributed by atoms with E-state index in [1.54, 1.807) is 13.0 Å². The minimum atomic E-state index is -3.78. The summed E-state index contributed by atoms with van der Waals surface area (Å²) in [6.45, 7) is 1.55. The molecule has 116 valence electrons. The van der Waals surface area contributed by atoms with Crippen molar-refractivity contribution in [3.8, 4) is 0 Å². The molecule has 8 heteroatoms. The van der Waals surface area contributed by atoms with E-state index >= 15 is 0 Å². The maximum Gasteiger partial charge on any atom is 0.323 e. The number of carbonyl (C=O) groups is 1. The zero-order valence-electron chi connectivity index (χ0n) is 11.6. The van der Waals surface area contributed by atoms with Crippen molar-refractivity contribution < 1.29 is 17.6 Å². The summed E-state index contributed by atoms with van der Waals surface area (Å²) in [5.74, 6) is -0.421. The first-order valence-corrected chi connectivity index (χ1v) is 7.78. The van der Waals surface area contributed by atoms with Crippen molar-refractivity contribution in [1.82, 2.24) is 0 Å². The average molecular weight is 323 g/mol. The van der Waals surface area contributed by atoms with E-state index in [4.69, 9.17) is 5.14 Å². The SMILES string of the molecule is Cc1c(F)cccc1NC(=O)Nc1ccc(S(N)(=O)=O)cc1. The van der Waals surface area contributed by atoms with Gasteiger partial charge in [0, 0.05) is 16.9 Å². The Hall–Kier alpha value is -2.45. The first kappa shape index (κ1) is 15.9. The number of benzene rings is 2. The van der Waals surface area contributed by atoms with Gasteiger partial charge in [-0.2, -0.15) is 0 Å². The van der Waals surface area contributed by atoms with Crippen LogP contribution in [0.4, 0.5) is 20.6 Å². The number of sulfonamides is 1. The van der Waals surface area contributed by atoms with Crippen LogP contribution in [0, 0.1) is 12.7 Å². The van der Waals surface area contributed by atoms with Crippen LogP contribution in [0.5, 0.6) is 0 Å². The molecule has 2 rings (SSSR count). The van der Waals surface area contributed by atoms with Crippen molar-refractivity contribution >= 4 is 27.4 Å². The zero-order valence-corrected chi connectivity index (χ0v) is 12.4. The fourth-order valence-electron chi connectivity index (χ4n) is 1.76. The summed E-state index contributed by atoms with van der Waals surface area (Å²) in [6, 6.07) is 9.13. The number of primary sulfonamides is 1. The van der Waals surface area contributed by atoms with Crippen molar-refractivity contribution in [2.45, 2.75) is 11.8 Å². The summed E-state index contributed by atoms with van der Waals surface area (Å²) in [4.78, 5) is 11.8. The molecular weight excluding hydrogens is 309 g/mol. The van der Waals surface area contributed by atoms with Crippen LogP contribution in [0.2, 0.25) is 0 Å². The first-order chi connectivity index (χ1) is 10.3. The Morgan fingerprint density at radius 1 is 1.09 bits per heavy atom. The predicted octanol–water partition coefficient (Wildman–Crippen LogP) is 2.43. The molecule has 0 bridgehead atoms. The third-order valence-electron chi connectivity index (χ3n) is 2.96. The minimum absolute atomic E-state index is 0.0561. The molecule has 0 heterocycles. The molecule has 22 heavy (non-hydrogen) atoms. The van der Waals surface area contributed by atoms with Crippen LogP contribution in [-0.4, -0.2) is 14.4 Å². The molecule has 2 aromatic rings. The van der Waals surface area contributed by atoms with Crippen molar-refractivity contribution in [2.24, 2.45) is 5.14 Å². The molecule has 0 aromatic heterocycles. The molecule has 0 fully saturated rings. The van der Waals surface area contributed by atoms with E-state index in [-0.39, 0.29) is 4.90 Å². The lowest BCUT2D eigenvalue weighted by Crippen LogP contribution is -2.20. The Balaban J connectivity index is 2.08. The number of rotatable bonds is 3. The highest BCUT2D eigenvalue weighted by Crippen LogP contribution is 2.18. The average Bonchev–Trinajstić information content (AvgIpc) is 2.43. The molecule has 0 radical (unpaired) electrons. The largest absolute Gasteiger partial charge is 0.323 e. The topological polar surface area (TPSA) is 101 Å². The highest BCUT2D eigenvalue weighted by atomic mass is 32.2. The predicted molar refractivity (Wildman–Crippen MR) is 81.6 cm³/mol. The van der Waals surface area contributed by atoms with E-state index in [9.17, 15) is 17.6 Å². The van der Waals surface area contributed by atoms with Gasteiger partial charge in [0.05, 0.1) is 4.90 Å². The van der Waals surface area contributed by atoms with Gasteiger partial charge in [-0.1, -0.05) is 6.07 Å². The lowest BCUT2D eigenvalue weighted by molar-refractivity contribution is 0.262. The lowest BCUT2D eigenvalue weighted by atomic mass is 10.2. The molecule has 0 spiro atoms. The highest BCUT2D eigenvalue weighted by molar-refractivity contribution is 7.89. The summed E-state index contributed by atoms with van der Waals surface area (Å²) in [6.07, 6.45) is 0. The number of hydrogen-bond acceptors (Lipinski definition) is 3. The molecule has 6 nitrogen and oxygen atoms in total. The number of halogens is 1. The summed E-state index contributed by atoms with van der Waals surface area (Å²) in [5.41, 5.74) is 1.04. The van der Waals surface area contributed by atoms with E-state index in [1.807, 2.05) is 0 Å². The van der Waals surface area contributed by atoms with E-state index in [1.165, 1.54) is 36.4 Å². The summed E-state index contributed by atoms with van der Waals surface area (Å²) in [5, 5.41) is 10.00. The maximum absolute atomic E-state index is 13.4. The Morgan fingerprint density at radius 2 is 1.73 bits per heavy atom. The highest BCUT2D eigenvalue weighted by Gasteiger charge is 2.09. The standard InChI is InChI=1S/C14H14FN3O3S/c1-9-12(15)3-2-4-13(9)18-14(19)17-10-5-7-11(8-6-10)22(16,20)21/h2-8H,1H3,(H2,16,20,21)(H2,17,18,19). The Bertz CT molecular complexity index is 805. The Morgan fingerprint density at radius 3 is 2.32 bits per heavy atom. The van der Waals surface area contributed by atoms with E-state index in [2.05, 4.69) is 10.6 Å². The molecule has 0 atom stereocenters. The number of nitrogens with one attached hydrogen (secondary N) is 2. The van der Waals surface area contributed by atoms with Gasteiger partial charge in [-0.25, -0.2) is 22.7 Å². The first-order valence-electron chi connectivity index (χ1n) is 6.23. The minimum Gasteiger partial charge on any atom is -0.308 e. The monoisotopic (exact) mass is 323 g/mol. The van der Waals surface area contributed by atoms with Gasteiger partial charge in [0.2, 0.25) is 10.0 Å². The molecule has 0 aliphatic rings. The van der Waals surface area contributed by atoms with Crippen molar-refractivity contribution in [1.29, 1.82) is 0 Å². The zero-order chi connectivity index (χ0) is 16.3. The second-order valence-corrected chi connectivity index (χ2v) is 6.12. The van der Waals surface area contributed by atoms with Gasteiger partial charge in [-0.15, -0.1) is 0 Å². The number of hydrogen-bond donors (Lipinski definition) is 3. The normalized spacial score (nSPS) is 11.0. The molecule has 0 aliphatic carbocycles. The van der Waals surface area contributed by atoms with Crippen LogP contribution in [-0.2, 0) is 10.0 Å². The molecule has 0 aliphatic heterocycles. The van der Waals surface area contributed by atoms with Gasteiger partial charge in [0.25, 0.3) is 0 Å². The van der Waals surface area contributed by atoms with E-state index in [0.717, 1.165) is 0 Å². The third-order valence-corrected chi connectivity index (χ3v) is 3.89. The molecule has 0 saturated heterocycles. The second kappa shape index (κ2) is 6.12. The Labute approximate surface area is 127 Å². The van der Waals surface area contributed by atoms with Gasteiger partial charge in [-0.05, 0) is 43.3 Å². The molecule has 2 amide bonds. The van der Waals surface area contributed by atoms with Crippen LogP contribution in [0.3, 0.4) is 0 Å². The van der Waals surface area contributed by atoms with Crippen molar-refractivity contribution in [3.05, 3.63) is 53.8 Å². The van der Waals surface area contributed by atoms with Crippen LogP contribution in [0.25, 0.3) is 0 Å². The fourth-order valence-corrected chi connectivity index (χ4v) is 2.27. The lowest BCUT2D eigenvalue weighted by Gasteiger charge is -2.10. The second-order valence-electron chi connectivity index (χ2n) is 4.56. The van der Waals surface area contributed by atoms with Crippen LogP contribution >= 0.6 is 0 Å². The summed E-state index contributed by atoms with van der Waals surface area (Å²) < 4.78 is 35.6. The number of urea groups is 1. The number of nitrogens with two attached hydrogens (primary N) is 1. The van der Waals surface area contributed by atoms with Crippen LogP contribution in [0.1, 0.15) is 5.56 Å². The van der Waals surface area contributed by atoms with Crippen LogP contribution < -0.4 is 15.8 Å². The summed E-state index contributed by atoms with van der Waals surface area (Å²) >= 11 is 0. The molecule has 0 unspecified atom stereocenters. The van der Waals surface area contributed by atoms with Crippen molar-refractivity contribution in [2.75, 3.05) is 10.6 Å². The fraction of sp³-hybridized carbons (Fsp3) is 0.0714. The van der Waals surface area contributed by atoms with Gasteiger partial charge in [0.15, 0.2) is 0 Å². The van der Waals surface area contributed by atoms with E-state index < -0.39 is 21.9 Å². The molecular formula is C14H14FN3O3S. The van der Waals surface area contributed by atoms with Gasteiger partial charge < -0.3 is 10.6 Å². The molecule has 4 N–H and O–H groups in total. The van der Waals surface area contributed by atoms with Gasteiger partial charge in [0.1, 0.15) is 5.82 Å². The quantitative estimate of drug-likeness (QED) is 0.808. The van der Waals surface area contributed by atoms with Gasteiger partial charge >= 0.3 is 6.03 Å². The van der Waals surface area contributed by atoms with Gasteiger partial charge in [-0.3, -0.25) is 0 Å². The molecule has 0 saturated carbocycles. The van der Waals surface area contributed by atoms with Crippen LogP contribution in [0.15, 0.2) is 47.4 Å². The Kier molecular flexibility index (Phi) is 4.43. The number of anilines is 2. The third kappa shape index (κ3) is 3.80. The molecule has 2 aromatic carbocycles. The number of carbonyl (C=O) groups excluding carboxylic acids is 1. The van der Waals surface area contributed by atoms with Crippen molar-refractivity contribution in [3.63, 3.8) is 0 Å². The number of amides is 2. The maximum atomic E-state index is 13.4. The smallest absolute Gasteiger partial charge is 0.308 e. The summed E-state index contributed by atoms with van der Waals surface area (Å²) in [7, 11) is -3.78. The van der Waals surface area contributed by atoms with E-state index in [0.29, 0.717) is 16.9 Å².